The zero-order valence-corrected chi connectivity index (χ0v) is 13.2. The molecule has 0 saturated carbocycles. The van der Waals surface area contributed by atoms with E-state index in [0.29, 0.717) is 5.92 Å². The van der Waals surface area contributed by atoms with Gasteiger partial charge in [-0.15, -0.1) is 0 Å². The molecule has 19 heavy (non-hydrogen) atoms. The average Bonchev–Trinajstić information content (AvgIpc) is 2.29. The summed E-state index contributed by atoms with van der Waals surface area (Å²) in [6.07, 6.45) is 0.742. The molecule has 4 nitrogen and oxygen atoms in total. The molecule has 0 aliphatic carbocycles. The summed E-state index contributed by atoms with van der Waals surface area (Å²) in [6.45, 7) is 4.23. The van der Waals surface area contributed by atoms with Crippen LogP contribution in [-0.2, 0) is 10.0 Å². The Kier molecular flexibility index (Phi) is 6.08. The molecular weight excluding hydrogens is 307 g/mol. The number of rotatable bonds is 6. The van der Waals surface area contributed by atoms with Crippen LogP contribution in [0.15, 0.2) is 23.1 Å². The van der Waals surface area contributed by atoms with E-state index in [4.69, 9.17) is 28.9 Å². The largest absolute Gasteiger partial charge is 0.327 e. The number of nitrogens with two attached hydrogens (primary N) is 1. The first-order valence-electron chi connectivity index (χ1n) is 5.93. The Balaban J connectivity index is 2.79. The molecule has 108 valence electrons. The van der Waals surface area contributed by atoms with Gasteiger partial charge in [-0.2, -0.15) is 0 Å². The topological polar surface area (TPSA) is 72.2 Å². The van der Waals surface area contributed by atoms with E-state index < -0.39 is 10.0 Å². The van der Waals surface area contributed by atoms with E-state index in [1.165, 1.54) is 18.2 Å². The van der Waals surface area contributed by atoms with Gasteiger partial charge in [0.25, 0.3) is 0 Å². The van der Waals surface area contributed by atoms with Crippen molar-refractivity contribution in [2.75, 3.05) is 6.54 Å². The maximum absolute atomic E-state index is 12.1. The lowest BCUT2D eigenvalue weighted by Crippen LogP contribution is -2.38. The van der Waals surface area contributed by atoms with Crippen molar-refractivity contribution in [2.45, 2.75) is 31.2 Å². The molecule has 0 bridgehead atoms. The Bertz CT molecular complexity index is 533. The Morgan fingerprint density at radius 1 is 1.32 bits per heavy atom. The molecular formula is C12H18Cl2N2O2S. The van der Waals surface area contributed by atoms with Crippen molar-refractivity contribution < 1.29 is 8.42 Å². The van der Waals surface area contributed by atoms with E-state index in [2.05, 4.69) is 4.72 Å². The van der Waals surface area contributed by atoms with Gasteiger partial charge in [0.1, 0.15) is 4.90 Å². The van der Waals surface area contributed by atoms with Crippen LogP contribution in [0.3, 0.4) is 0 Å². The van der Waals surface area contributed by atoms with Crippen molar-refractivity contribution in [1.82, 2.24) is 4.72 Å². The van der Waals surface area contributed by atoms with Gasteiger partial charge in [-0.3, -0.25) is 0 Å². The number of benzene rings is 1. The predicted octanol–water partition coefficient (Wildman–Crippen LogP) is 2.65. The second-order valence-electron chi connectivity index (χ2n) is 4.79. The summed E-state index contributed by atoms with van der Waals surface area (Å²) in [5.41, 5.74) is 5.84. The number of hydrogen-bond donors (Lipinski definition) is 2. The first-order chi connectivity index (χ1) is 8.74. The van der Waals surface area contributed by atoms with Gasteiger partial charge in [0.05, 0.1) is 10.0 Å². The fourth-order valence-electron chi connectivity index (χ4n) is 1.67. The molecule has 1 aromatic rings. The third-order valence-corrected chi connectivity index (χ3v) is 4.91. The predicted molar refractivity (Wildman–Crippen MR) is 79.1 cm³/mol. The molecule has 0 aliphatic rings. The van der Waals surface area contributed by atoms with Crippen molar-refractivity contribution in [3.05, 3.63) is 28.2 Å². The fourth-order valence-corrected chi connectivity index (χ4v) is 3.53. The van der Waals surface area contributed by atoms with Gasteiger partial charge in [0, 0.05) is 12.6 Å². The Morgan fingerprint density at radius 3 is 2.53 bits per heavy atom. The number of nitrogens with one attached hydrogen (secondary N) is 1. The van der Waals surface area contributed by atoms with Crippen molar-refractivity contribution in [3.8, 4) is 0 Å². The molecule has 0 saturated heterocycles. The second kappa shape index (κ2) is 6.90. The van der Waals surface area contributed by atoms with Crippen molar-refractivity contribution >= 4 is 33.2 Å². The van der Waals surface area contributed by atoms with E-state index >= 15 is 0 Å². The van der Waals surface area contributed by atoms with Crippen LogP contribution in [0.25, 0.3) is 0 Å². The lowest BCUT2D eigenvalue weighted by molar-refractivity contribution is 0.486. The van der Waals surface area contributed by atoms with Crippen LogP contribution in [0.2, 0.25) is 10.0 Å². The standard InChI is InChI=1S/C12H18Cl2N2O2S/c1-8(2)6-9(15)7-16-19(17,18)11-5-3-4-10(13)12(11)14/h3-5,8-9,16H,6-7,15H2,1-2H3. The summed E-state index contributed by atoms with van der Waals surface area (Å²) >= 11 is 11.7. The summed E-state index contributed by atoms with van der Waals surface area (Å²) in [6, 6.07) is 4.25. The average molecular weight is 325 g/mol. The Hall–Kier alpha value is -0.330. The monoisotopic (exact) mass is 324 g/mol. The maximum atomic E-state index is 12.1. The first kappa shape index (κ1) is 16.7. The Labute approximate surface area is 124 Å². The zero-order valence-electron chi connectivity index (χ0n) is 10.9. The molecule has 0 heterocycles. The number of sulfonamides is 1. The highest BCUT2D eigenvalue weighted by molar-refractivity contribution is 7.89. The van der Waals surface area contributed by atoms with E-state index in [1.807, 2.05) is 13.8 Å². The summed E-state index contributed by atoms with van der Waals surface area (Å²) in [7, 11) is -3.69. The molecule has 1 aromatic carbocycles. The smallest absolute Gasteiger partial charge is 0.242 e. The molecule has 0 aliphatic heterocycles. The van der Waals surface area contributed by atoms with Gasteiger partial charge < -0.3 is 5.73 Å². The summed E-state index contributed by atoms with van der Waals surface area (Å²) < 4.78 is 26.6. The molecule has 1 atom stereocenters. The summed E-state index contributed by atoms with van der Waals surface area (Å²) in [5, 5.41) is 0.227. The summed E-state index contributed by atoms with van der Waals surface area (Å²) in [4.78, 5) is -0.0292. The lowest BCUT2D eigenvalue weighted by atomic mass is 10.1. The molecule has 0 aromatic heterocycles. The third-order valence-electron chi connectivity index (χ3n) is 2.52. The van der Waals surface area contributed by atoms with Gasteiger partial charge in [-0.1, -0.05) is 43.1 Å². The first-order valence-corrected chi connectivity index (χ1v) is 8.17. The SMILES string of the molecule is CC(C)CC(N)CNS(=O)(=O)c1cccc(Cl)c1Cl. The molecule has 7 heteroatoms. The van der Waals surface area contributed by atoms with Crippen molar-refractivity contribution in [2.24, 2.45) is 11.7 Å². The molecule has 1 unspecified atom stereocenters. The van der Waals surface area contributed by atoms with Crippen LogP contribution in [0.4, 0.5) is 0 Å². The quantitative estimate of drug-likeness (QED) is 0.844. The minimum absolute atomic E-state index is 0.0223. The lowest BCUT2D eigenvalue weighted by Gasteiger charge is -2.15. The maximum Gasteiger partial charge on any atom is 0.242 e. The summed E-state index contributed by atoms with van der Waals surface area (Å²) in [5.74, 6) is 0.411. The van der Waals surface area contributed by atoms with Gasteiger partial charge in [0.2, 0.25) is 10.0 Å². The van der Waals surface area contributed by atoms with E-state index in [-0.39, 0.29) is 27.5 Å². The van der Waals surface area contributed by atoms with E-state index in [1.54, 1.807) is 0 Å². The van der Waals surface area contributed by atoms with Crippen LogP contribution in [0.5, 0.6) is 0 Å². The van der Waals surface area contributed by atoms with Gasteiger partial charge in [-0.25, -0.2) is 13.1 Å². The molecule has 0 spiro atoms. The second-order valence-corrected chi connectivity index (χ2v) is 7.31. The van der Waals surface area contributed by atoms with E-state index in [0.717, 1.165) is 6.42 Å². The normalized spacial score (nSPS) is 13.8. The van der Waals surface area contributed by atoms with Crippen LogP contribution in [0, 0.1) is 5.92 Å². The zero-order chi connectivity index (χ0) is 14.6. The van der Waals surface area contributed by atoms with Crippen LogP contribution < -0.4 is 10.5 Å². The van der Waals surface area contributed by atoms with Crippen molar-refractivity contribution in [1.29, 1.82) is 0 Å². The fraction of sp³-hybridized carbons (Fsp3) is 0.500. The highest BCUT2D eigenvalue weighted by Gasteiger charge is 2.20. The van der Waals surface area contributed by atoms with Gasteiger partial charge in [-0.05, 0) is 24.5 Å². The number of hydrogen-bond acceptors (Lipinski definition) is 3. The number of halogens is 2. The minimum atomic E-state index is -3.69. The molecule has 0 fully saturated rings. The van der Waals surface area contributed by atoms with Crippen molar-refractivity contribution in [3.63, 3.8) is 0 Å². The van der Waals surface area contributed by atoms with Crippen LogP contribution in [0.1, 0.15) is 20.3 Å². The molecule has 0 radical (unpaired) electrons. The van der Waals surface area contributed by atoms with Gasteiger partial charge in [0.15, 0.2) is 0 Å². The third kappa shape index (κ3) is 4.93. The molecule has 0 amide bonds. The Morgan fingerprint density at radius 2 is 1.95 bits per heavy atom. The highest BCUT2D eigenvalue weighted by Crippen LogP contribution is 2.28. The van der Waals surface area contributed by atoms with Crippen LogP contribution in [-0.4, -0.2) is 21.0 Å². The molecule has 1 rings (SSSR count). The minimum Gasteiger partial charge on any atom is -0.327 e. The highest BCUT2D eigenvalue weighted by atomic mass is 35.5. The molecule has 3 N–H and O–H groups in total. The van der Waals surface area contributed by atoms with Gasteiger partial charge >= 0.3 is 0 Å². The van der Waals surface area contributed by atoms with Crippen LogP contribution >= 0.6 is 23.2 Å². The van der Waals surface area contributed by atoms with E-state index in [9.17, 15) is 8.42 Å².